The average Bonchev–Trinajstić information content (AvgIpc) is 2.61. The van der Waals surface area contributed by atoms with Gasteiger partial charge in [0.15, 0.2) is 0 Å². The van der Waals surface area contributed by atoms with E-state index >= 15 is 0 Å². The van der Waals surface area contributed by atoms with Gasteiger partial charge in [0.1, 0.15) is 0 Å². The third-order valence-electron chi connectivity index (χ3n) is 4.69. The van der Waals surface area contributed by atoms with Crippen molar-refractivity contribution in [2.75, 3.05) is 39.6 Å². The van der Waals surface area contributed by atoms with Gasteiger partial charge in [0.2, 0.25) is 5.91 Å². The summed E-state index contributed by atoms with van der Waals surface area (Å²) in [5.41, 5.74) is 1.21. The van der Waals surface area contributed by atoms with Gasteiger partial charge in [-0.3, -0.25) is 9.69 Å². The number of nitrogens with zero attached hydrogens (tertiary/aromatic N) is 2. The molecular weight excluding hydrogens is 348 g/mol. The number of hydrogen-bond acceptors (Lipinski definition) is 5. The minimum atomic E-state index is 0.0895. The van der Waals surface area contributed by atoms with Crippen molar-refractivity contribution in [2.24, 2.45) is 0 Å². The van der Waals surface area contributed by atoms with Gasteiger partial charge in [-0.05, 0) is 44.7 Å². The molecule has 1 unspecified atom stereocenters. The first-order chi connectivity index (χ1) is 12.4. The van der Waals surface area contributed by atoms with Gasteiger partial charge in [-0.2, -0.15) is 0 Å². The Hall–Kier alpha value is -1.08. The fraction of sp³-hybridized carbons (Fsp3) is 0.650. The van der Waals surface area contributed by atoms with E-state index in [9.17, 15) is 4.79 Å². The molecule has 0 N–H and O–H groups in total. The van der Waals surface area contributed by atoms with E-state index in [-0.39, 0.29) is 24.2 Å². The summed E-state index contributed by atoms with van der Waals surface area (Å²) in [6, 6.07) is 8.71. The van der Waals surface area contributed by atoms with Crippen LogP contribution in [-0.2, 0) is 20.8 Å². The van der Waals surface area contributed by atoms with Crippen LogP contribution < -0.4 is 0 Å². The molecular formula is C20H32N2O3S. The minimum Gasteiger partial charge on any atom is -0.383 e. The highest BCUT2D eigenvalue weighted by atomic mass is 32.2. The molecule has 2 rings (SSSR count). The molecule has 0 saturated carbocycles. The molecule has 1 saturated heterocycles. The van der Waals surface area contributed by atoms with Crippen LogP contribution in [0.3, 0.4) is 0 Å². The van der Waals surface area contributed by atoms with Gasteiger partial charge in [0.05, 0.1) is 25.4 Å². The molecule has 3 atom stereocenters. The topological polar surface area (TPSA) is 42.0 Å². The maximum Gasteiger partial charge on any atom is 0.236 e. The summed E-state index contributed by atoms with van der Waals surface area (Å²) in [6.07, 6.45) is 2.25. The summed E-state index contributed by atoms with van der Waals surface area (Å²) >= 11 is 1.73. The van der Waals surface area contributed by atoms with Crippen molar-refractivity contribution in [3.63, 3.8) is 0 Å². The van der Waals surface area contributed by atoms with E-state index in [1.807, 2.05) is 18.7 Å². The maximum absolute atomic E-state index is 12.9. The second-order valence-electron chi connectivity index (χ2n) is 7.11. The third-order valence-corrected chi connectivity index (χ3v) is 5.43. The number of thioether (sulfide) groups is 1. The molecule has 5 nitrogen and oxygen atoms in total. The number of hydrogen-bond donors (Lipinski definition) is 0. The lowest BCUT2D eigenvalue weighted by Gasteiger charge is -2.37. The highest BCUT2D eigenvalue weighted by Gasteiger charge is 2.28. The molecule has 26 heavy (non-hydrogen) atoms. The lowest BCUT2D eigenvalue weighted by Crippen LogP contribution is -2.52. The molecule has 0 bridgehead atoms. The predicted molar refractivity (Wildman–Crippen MR) is 107 cm³/mol. The van der Waals surface area contributed by atoms with Gasteiger partial charge in [-0.25, -0.2) is 0 Å². The Morgan fingerprint density at radius 3 is 2.46 bits per heavy atom. The van der Waals surface area contributed by atoms with E-state index in [0.29, 0.717) is 26.2 Å². The Kier molecular flexibility index (Phi) is 8.41. The van der Waals surface area contributed by atoms with E-state index in [4.69, 9.17) is 9.47 Å². The number of morpholine rings is 1. The van der Waals surface area contributed by atoms with Crippen molar-refractivity contribution in [3.05, 3.63) is 29.8 Å². The minimum absolute atomic E-state index is 0.0895. The quantitative estimate of drug-likeness (QED) is 0.649. The number of rotatable bonds is 8. The van der Waals surface area contributed by atoms with Gasteiger partial charge < -0.3 is 14.4 Å². The third kappa shape index (κ3) is 6.27. The highest BCUT2D eigenvalue weighted by Crippen LogP contribution is 2.17. The number of methoxy groups -OCH3 is 1. The van der Waals surface area contributed by atoms with Crippen molar-refractivity contribution in [3.8, 4) is 0 Å². The van der Waals surface area contributed by atoms with Crippen LogP contribution >= 0.6 is 11.8 Å². The van der Waals surface area contributed by atoms with Crippen LogP contribution in [0.5, 0.6) is 0 Å². The first-order valence-corrected chi connectivity index (χ1v) is 10.4. The molecule has 1 aromatic carbocycles. The van der Waals surface area contributed by atoms with Gasteiger partial charge in [-0.15, -0.1) is 11.8 Å². The van der Waals surface area contributed by atoms with E-state index in [1.54, 1.807) is 18.9 Å². The van der Waals surface area contributed by atoms with E-state index < -0.39 is 0 Å². The average molecular weight is 381 g/mol. The molecule has 146 valence electrons. The molecule has 1 heterocycles. The summed E-state index contributed by atoms with van der Waals surface area (Å²) in [6.45, 7) is 9.22. The molecule has 0 spiro atoms. The Balaban J connectivity index is 2.04. The Labute approximate surface area is 162 Å². The number of amides is 1. The second kappa shape index (κ2) is 10.3. The molecule has 0 radical (unpaired) electrons. The molecule has 6 heteroatoms. The van der Waals surface area contributed by atoms with Crippen LogP contribution in [0.15, 0.2) is 29.2 Å². The van der Waals surface area contributed by atoms with Crippen molar-refractivity contribution < 1.29 is 14.3 Å². The first-order valence-electron chi connectivity index (χ1n) is 9.22. The Bertz CT molecular complexity index is 557. The largest absolute Gasteiger partial charge is 0.383 e. The van der Waals surface area contributed by atoms with Gasteiger partial charge in [-0.1, -0.05) is 12.1 Å². The standard InChI is InChI=1S/C20H32N2O3S/c1-15(14-24-4)21(12-18-6-8-19(26-5)9-7-18)13-20(23)22-10-16(2)25-17(3)11-22/h6-9,15-17H,10-14H2,1-5H3/t15?,16-,17+. The van der Waals surface area contributed by atoms with Crippen LogP contribution in [0.2, 0.25) is 0 Å². The van der Waals surface area contributed by atoms with Crippen molar-refractivity contribution in [2.45, 2.75) is 50.5 Å². The van der Waals surface area contributed by atoms with Crippen LogP contribution in [0, 0.1) is 0 Å². The maximum atomic E-state index is 12.9. The first kappa shape index (κ1) is 21.2. The summed E-state index contributed by atoms with van der Waals surface area (Å²) in [5, 5.41) is 0. The normalized spacial score (nSPS) is 21.8. The fourth-order valence-electron chi connectivity index (χ4n) is 3.33. The SMILES string of the molecule is COCC(C)N(CC(=O)N1C[C@@H](C)O[C@@H](C)C1)Cc1ccc(SC)cc1. The summed E-state index contributed by atoms with van der Waals surface area (Å²) in [7, 11) is 1.70. The van der Waals surface area contributed by atoms with E-state index in [0.717, 1.165) is 6.54 Å². The summed E-state index contributed by atoms with van der Waals surface area (Å²) in [4.78, 5) is 18.3. The fourth-order valence-corrected chi connectivity index (χ4v) is 3.74. The Morgan fingerprint density at radius 1 is 1.31 bits per heavy atom. The van der Waals surface area contributed by atoms with Crippen molar-refractivity contribution >= 4 is 17.7 Å². The van der Waals surface area contributed by atoms with Crippen LogP contribution in [0.1, 0.15) is 26.3 Å². The molecule has 0 aliphatic carbocycles. The number of benzene rings is 1. The number of carbonyl (C=O) groups is 1. The van der Waals surface area contributed by atoms with Crippen LogP contribution in [-0.4, -0.2) is 73.6 Å². The summed E-state index contributed by atoms with van der Waals surface area (Å²) in [5.74, 6) is 0.163. The zero-order valence-electron chi connectivity index (χ0n) is 16.6. The van der Waals surface area contributed by atoms with Crippen molar-refractivity contribution in [1.82, 2.24) is 9.80 Å². The predicted octanol–water partition coefficient (Wildman–Crippen LogP) is 2.88. The lowest BCUT2D eigenvalue weighted by atomic mass is 10.1. The summed E-state index contributed by atoms with van der Waals surface area (Å²) < 4.78 is 11.1. The molecule has 1 aliphatic heterocycles. The van der Waals surface area contributed by atoms with Crippen molar-refractivity contribution in [1.29, 1.82) is 0 Å². The van der Waals surface area contributed by atoms with Gasteiger partial charge in [0.25, 0.3) is 0 Å². The zero-order valence-corrected chi connectivity index (χ0v) is 17.4. The van der Waals surface area contributed by atoms with E-state index in [2.05, 4.69) is 42.3 Å². The number of carbonyl (C=O) groups excluding carboxylic acids is 1. The smallest absolute Gasteiger partial charge is 0.236 e. The van der Waals surface area contributed by atoms with E-state index in [1.165, 1.54) is 10.5 Å². The molecule has 1 amide bonds. The molecule has 1 fully saturated rings. The zero-order chi connectivity index (χ0) is 19.1. The van der Waals surface area contributed by atoms with Gasteiger partial charge in [0, 0.05) is 37.7 Å². The molecule has 1 aliphatic rings. The Morgan fingerprint density at radius 2 is 1.92 bits per heavy atom. The van der Waals surface area contributed by atoms with Crippen LogP contribution in [0.25, 0.3) is 0 Å². The lowest BCUT2D eigenvalue weighted by molar-refractivity contribution is -0.145. The van der Waals surface area contributed by atoms with Crippen LogP contribution in [0.4, 0.5) is 0 Å². The molecule has 1 aromatic rings. The second-order valence-corrected chi connectivity index (χ2v) is 7.99. The molecule has 0 aromatic heterocycles. The monoisotopic (exact) mass is 380 g/mol. The number of ether oxygens (including phenoxy) is 2. The van der Waals surface area contributed by atoms with Gasteiger partial charge >= 0.3 is 0 Å². The highest BCUT2D eigenvalue weighted by molar-refractivity contribution is 7.98.